The van der Waals surface area contributed by atoms with Crippen LogP contribution in [0.25, 0.3) is 0 Å². The van der Waals surface area contributed by atoms with Crippen molar-refractivity contribution in [2.24, 2.45) is 5.84 Å². The molecule has 112 valence electrons. The third-order valence-electron chi connectivity index (χ3n) is 3.72. The van der Waals surface area contributed by atoms with E-state index in [-0.39, 0.29) is 5.41 Å². The molecule has 6 heteroatoms. The minimum Gasteiger partial charge on any atom is -0.381 e. The maximum atomic E-state index is 5.56. The zero-order valence-electron chi connectivity index (χ0n) is 12.9. The van der Waals surface area contributed by atoms with Gasteiger partial charge in [-0.05, 0) is 19.8 Å². The van der Waals surface area contributed by atoms with Crippen molar-refractivity contribution in [3.8, 4) is 0 Å². The van der Waals surface area contributed by atoms with Crippen LogP contribution in [0.2, 0.25) is 0 Å². The van der Waals surface area contributed by atoms with Crippen LogP contribution >= 0.6 is 0 Å². The van der Waals surface area contributed by atoms with Gasteiger partial charge in [0.1, 0.15) is 17.5 Å². The third-order valence-corrected chi connectivity index (χ3v) is 3.72. The molecule has 0 radical (unpaired) electrons. The molecular formula is C14H25N5O. The molecule has 0 saturated heterocycles. The van der Waals surface area contributed by atoms with Crippen LogP contribution in [-0.4, -0.2) is 29.2 Å². The van der Waals surface area contributed by atoms with Gasteiger partial charge in [-0.3, -0.25) is 0 Å². The number of hydrogen-bond donors (Lipinski definition) is 3. The van der Waals surface area contributed by atoms with Crippen LogP contribution < -0.4 is 16.6 Å². The molecule has 0 spiro atoms. The number of methoxy groups -OCH3 is 1. The maximum Gasteiger partial charge on any atom is 0.148 e. The molecule has 4 N–H and O–H groups in total. The first-order valence-corrected chi connectivity index (χ1v) is 7.00. The van der Waals surface area contributed by atoms with Crippen molar-refractivity contribution in [2.45, 2.75) is 58.1 Å². The summed E-state index contributed by atoms with van der Waals surface area (Å²) in [4.78, 5) is 9.16. The lowest BCUT2D eigenvalue weighted by molar-refractivity contribution is 0.0327. The molecule has 0 aliphatic heterocycles. The normalized spacial score (nSPS) is 22.3. The van der Waals surface area contributed by atoms with E-state index in [0.717, 1.165) is 30.0 Å². The van der Waals surface area contributed by atoms with Crippen LogP contribution in [0.4, 0.5) is 11.6 Å². The molecule has 0 aromatic carbocycles. The van der Waals surface area contributed by atoms with E-state index in [0.29, 0.717) is 18.0 Å². The van der Waals surface area contributed by atoms with E-state index in [1.54, 1.807) is 7.11 Å². The number of nitrogen functional groups attached to an aromatic ring is 1. The van der Waals surface area contributed by atoms with Crippen LogP contribution in [0.3, 0.4) is 0 Å². The van der Waals surface area contributed by atoms with Crippen molar-refractivity contribution in [1.29, 1.82) is 0 Å². The van der Waals surface area contributed by atoms with Gasteiger partial charge < -0.3 is 15.5 Å². The lowest BCUT2D eigenvalue weighted by atomic mass is 9.89. The first-order valence-electron chi connectivity index (χ1n) is 7.00. The van der Waals surface area contributed by atoms with Gasteiger partial charge in [-0.2, -0.15) is 0 Å². The molecule has 1 fully saturated rings. The van der Waals surface area contributed by atoms with Crippen molar-refractivity contribution in [3.05, 3.63) is 11.4 Å². The number of ether oxygens (including phenoxy) is 1. The molecule has 0 amide bonds. The Labute approximate surface area is 120 Å². The summed E-state index contributed by atoms with van der Waals surface area (Å²) in [6.07, 6.45) is 2.38. The number of anilines is 2. The van der Waals surface area contributed by atoms with Gasteiger partial charge in [-0.15, -0.1) is 0 Å². The SMILES string of the molecule is COC1CC(Nc2nc(C(C)(C)C)nc(NN)c2C)C1. The molecule has 0 atom stereocenters. The highest BCUT2D eigenvalue weighted by atomic mass is 16.5. The number of hydrogen-bond acceptors (Lipinski definition) is 6. The van der Waals surface area contributed by atoms with Crippen molar-refractivity contribution < 1.29 is 4.74 Å². The van der Waals surface area contributed by atoms with Crippen molar-refractivity contribution in [1.82, 2.24) is 9.97 Å². The Morgan fingerprint density at radius 2 is 1.80 bits per heavy atom. The molecule has 1 saturated carbocycles. The maximum absolute atomic E-state index is 5.56. The first kappa shape index (κ1) is 15.0. The van der Waals surface area contributed by atoms with Crippen LogP contribution in [0, 0.1) is 6.92 Å². The van der Waals surface area contributed by atoms with Gasteiger partial charge >= 0.3 is 0 Å². The smallest absolute Gasteiger partial charge is 0.148 e. The molecule has 1 aromatic rings. The third kappa shape index (κ3) is 3.02. The number of nitrogens with one attached hydrogen (secondary N) is 2. The van der Waals surface area contributed by atoms with Crippen molar-refractivity contribution in [2.75, 3.05) is 17.9 Å². The predicted octanol–water partition coefficient (Wildman–Crippen LogP) is 1.96. The van der Waals surface area contributed by atoms with E-state index < -0.39 is 0 Å². The molecule has 0 unspecified atom stereocenters. The summed E-state index contributed by atoms with van der Waals surface area (Å²) in [6, 6.07) is 0.409. The molecule has 2 rings (SSSR count). The zero-order chi connectivity index (χ0) is 14.9. The van der Waals surface area contributed by atoms with E-state index in [2.05, 4.69) is 41.5 Å². The van der Waals surface area contributed by atoms with Crippen LogP contribution in [-0.2, 0) is 10.2 Å². The molecule has 0 bridgehead atoms. The summed E-state index contributed by atoms with van der Waals surface area (Å²) < 4.78 is 5.30. The second-order valence-electron chi connectivity index (χ2n) is 6.43. The van der Waals surface area contributed by atoms with Gasteiger partial charge in [0.15, 0.2) is 0 Å². The minimum absolute atomic E-state index is 0.121. The fourth-order valence-corrected chi connectivity index (χ4v) is 2.20. The average molecular weight is 279 g/mol. The van der Waals surface area contributed by atoms with Gasteiger partial charge in [-0.25, -0.2) is 15.8 Å². The molecule has 1 heterocycles. The number of hydrazine groups is 1. The predicted molar refractivity (Wildman–Crippen MR) is 80.7 cm³/mol. The van der Waals surface area contributed by atoms with Crippen LogP contribution in [0.5, 0.6) is 0 Å². The fourth-order valence-electron chi connectivity index (χ4n) is 2.20. The van der Waals surface area contributed by atoms with Gasteiger partial charge in [0.25, 0.3) is 0 Å². The molecule has 1 aromatic heterocycles. The summed E-state index contributed by atoms with van der Waals surface area (Å²) in [5.41, 5.74) is 3.49. The minimum atomic E-state index is -0.121. The number of rotatable bonds is 4. The Morgan fingerprint density at radius 1 is 1.20 bits per heavy atom. The highest BCUT2D eigenvalue weighted by Crippen LogP contribution is 2.30. The lowest BCUT2D eigenvalue weighted by Crippen LogP contribution is -2.40. The average Bonchev–Trinajstić information content (AvgIpc) is 2.33. The highest BCUT2D eigenvalue weighted by molar-refractivity contribution is 5.57. The monoisotopic (exact) mass is 279 g/mol. The summed E-state index contributed by atoms with van der Waals surface area (Å²) in [6.45, 7) is 8.24. The Bertz CT molecular complexity index is 477. The topological polar surface area (TPSA) is 85.1 Å². The van der Waals surface area contributed by atoms with Gasteiger partial charge in [0.2, 0.25) is 0 Å². The summed E-state index contributed by atoms with van der Waals surface area (Å²) in [7, 11) is 1.75. The molecular weight excluding hydrogens is 254 g/mol. The molecule has 20 heavy (non-hydrogen) atoms. The largest absolute Gasteiger partial charge is 0.381 e. The number of nitrogens with zero attached hydrogens (tertiary/aromatic N) is 2. The Hall–Kier alpha value is -1.40. The zero-order valence-corrected chi connectivity index (χ0v) is 12.9. The van der Waals surface area contributed by atoms with Gasteiger partial charge in [-0.1, -0.05) is 20.8 Å². The molecule has 1 aliphatic rings. The lowest BCUT2D eigenvalue weighted by Gasteiger charge is -2.35. The molecule has 6 nitrogen and oxygen atoms in total. The second-order valence-corrected chi connectivity index (χ2v) is 6.43. The van der Waals surface area contributed by atoms with E-state index in [4.69, 9.17) is 10.6 Å². The molecule has 1 aliphatic carbocycles. The fraction of sp³-hybridized carbons (Fsp3) is 0.714. The number of aromatic nitrogens is 2. The Balaban J connectivity index is 2.23. The first-order chi connectivity index (χ1) is 9.35. The van der Waals surface area contributed by atoms with E-state index in [1.165, 1.54) is 0 Å². The van der Waals surface area contributed by atoms with Crippen molar-refractivity contribution in [3.63, 3.8) is 0 Å². The quantitative estimate of drug-likeness (QED) is 0.577. The second kappa shape index (κ2) is 5.54. The standard InChI is InChI=1S/C14H25N5O/c1-8-11(16-9-6-10(7-9)20-5)17-13(14(2,3)4)18-12(8)19-15/h9-10H,6-7,15H2,1-5H3,(H2,16,17,18,19). The summed E-state index contributed by atoms with van der Waals surface area (Å²) in [5, 5.41) is 3.47. The van der Waals surface area contributed by atoms with Gasteiger partial charge in [0, 0.05) is 24.1 Å². The Kier molecular flexibility index (Phi) is 4.15. The summed E-state index contributed by atoms with van der Waals surface area (Å²) >= 11 is 0. The van der Waals surface area contributed by atoms with Crippen molar-refractivity contribution >= 4 is 11.6 Å². The van der Waals surface area contributed by atoms with E-state index >= 15 is 0 Å². The van der Waals surface area contributed by atoms with Gasteiger partial charge in [0.05, 0.1) is 6.10 Å². The number of nitrogens with two attached hydrogens (primary N) is 1. The highest BCUT2D eigenvalue weighted by Gasteiger charge is 2.30. The summed E-state index contributed by atoms with van der Waals surface area (Å²) in [5.74, 6) is 7.88. The Morgan fingerprint density at radius 3 is 2.30 bits per heavy atom. The van der Waals surface area contributed by atoms with E-state index in [9.17, 15) is 0 Å². The van der Waals surface area contributed by atoms with Crippen LogP contribution in [0.1, 0.15) is 45.0 Å². The van der Waals surface area contributed by atoms with Crippen LogP contribution in [0.15, 0.2) is 0 Å². The van der Waals surface area contributed by atoms with E-state index in [1.807, 2.05) is 6.92 Å².